The molecule has 0 atom stereocenters. The van der Waals surface area contributed by atoms with Gasteiger partial charge in [0.1, 0.15) is 23.0 Å². The van der Waals surface area contributed by atoms with Gasteiger partial charge in [-0.2, -0.15) is 0 Å². The highest BCUT2D eigenvalue weighted by Gasteiger charge is 2.18. The maximum atomic E-state index is 11.5. The van der Waals surface area contributed by atoms with Gasteiger partial charge in [-0.05, 0) is 30.3 Å². The van der Waals surface area contributed by atoms with Crippen LogP contribution in [0.5, 0.6) is 5.75 Å². The Balaban J connectivity index is 1.90. The first-order chi connectivity index (χ1) is 10.6. The molecule has 7 heteroatoms. The van der Waals surface area contributed by atoms with E-state index in [2.05, 4.69) is 10.3 Å². The highest BCUT2D eigenvalue weighted by atomic mass is 35.5. The van der Waals surface area contributed by atoms with Gasteiger partial charge < -0.3 is 14.9 Å². The third-order valence-corrected chi connectivity index (χ3v) is 3.35. The van der Waals surface area contributed by atoms with E-state index in [4.69, 9.17) is 26.5 Å². The van der Waals surface area contributed by atoms with Gasteiger partial charge in [0.15, 0.2) is 0 Å². The first-order valence-corrected chi connectivity index (χ1v) is 6.75. The number of halogens is 1. The molecule has 112 valence electrons. The summed E-state index contributed by atoms with van der Waals surface area (Å²) >= 11 is 6.10. The summed E-state index contributed by atoms with van der Waals surface area (Å²) < 4.78 is 10.8. The number of amides is 1. The molecule has 0 spiro atoms. The van der Waals surface area contributed by atoms with Crippen molar-refractivity contribution in [2.75, 3.05) is 7.11 Å². The van der Waals surface area contributed by atoms with E-state index in [1.54, 1.807) is 31.4 Å². The zero-order valence-electron chi connectivity index (χ0n) is 11.6. The van der Waals surface area contributed by atoms with Crippen molar-refractivity contribution >= 4 is 29.5 Å². The number of methoxy groups -OCH3 is 1. The molecule has 22 heavy (non-hydrogen) atoms. The molecule has 1 aromatic carbocycles. The number of aliphatic imine (C=N–C) groups is 1. The second kappa shape index (κ2) is 5.57. The summed E-state index contributed by atoms with van der Waals surface area (Å²) in [6.45, 7) is 0. The molecule has 1 aliphatic rings. The quantitative estimate of drug-likeness (QED) is 0.851. The molecule has 1 amide bonds. The number of furan rings is 1. The van der Waals surface area contributed by atoms with Crippen molar-refractivity contribution in [3.8, 4) is 17.1 Å². The number of ether oxygens (including phenoxy) is 1. The lowest BCUT2D eigenvalue weighted by Gasteiger charge is -2.04. The highest BCUT2D eigenvalue weighted by Crippen LogP contribution is 2.31. The van der Waals surface area contributed by atoms with Crippen molar-refractivity contribution in [1.82, 2.24) is 5.32 Å². The Bertz CT molecular complexity index is 808. The van der Waals surface area contributed by atoms with Crippen molar-refractivity contribution in [1.29, 1.82) is 0 Å². The van der Waals surface area contributed by atoms with Crippen molar-refractivity contribution in [3.05, 3.63) is 46.8 Å². The van der Waals surface area contributed by atoms with E-state index in [9.17, 15) is 4.79 Å². The van der Waals surface area contributed by atoms with Crippen molar-refractivity contribution in [2.24, 2.45) is 10.7 Å². The van der Waals surface area contributed by atoms with Gasteiger partial charge in [-0.15, -0.1) is 0 Å². The van der Waals surface area contributed by atoms with Crippen LogP contribution in [0.1, 0.15) is 5.76 Å². The number of hydrogen-bond donors (Lipinski definition) is 2. The molecule has 3 rings (SSSR count). The predicted octanol–water partition coefficient (Wildman–Crippen LogP) is 2.39. The lowest BCUT2D eigenvalue weighted by molar-refractivity contribution is -0.115. The van der Waals surface area contributed by atoms with Crippen LogP contribution < -0.4 is 15.8 Å². The molecule has 0 fully saturated rings. The Kier molecular flexibility index (Phi) is 3.60. The van der Waals surface area contributed by atoms with Gasteiger partial charge in [0.25, 0.3) is 5.91 Å². The summed E-state index contributed by atoms with van der Waals surface area (Å²) in [7, 11) is 1.55. The third kappa shape index (κ3) is 2.68. The van der Waals surface area contributed by atoms with Gasteiger partial charge in [-0.1, -0.05) is 11.6 Å². The summed E-state index contributed by atoms with van der Waals surface area (Å²) in [5, 5.41) is 2.88. The zero-order valence-corrected chi connectivity index (χ0v) is 12.3. The molecule has 0 saturated heterocycles. The third-order valence-electron chi connectivity index (χ3n) is 3.06. The molecule has 2 heterocycles. The fraction of sp³-hybridized carbons (Fsp3) is 0.0667. The molecule has 1 aromatic heterocycles. The number of hydrogen-bond acceptors (Lipinski definition) is 5. The lowest BCUT2D eigenvalue weighted by Crippen LogP contribution is -2.30. The molecular weight excluding hydrogens is 306 g/mol. The summed E-state index contributed by atoms with van der Waals surface area (Å²) in [5.74, 6) is 1.41. The van der Waals surface area contributed by atoms with Crippen LogP contribution in [-0.4, -0.2) is 19.0 Å². The standard InChI is InChI=1S/C15H12ClN3O3/c1-21-13-4-2-8(6-10(13)16)12-5-3-9(22-12)7-11-14(20)19-15(17)18-11/h2-7H,1H3,(H3,17,18,19,20)/b11-7+. The molecule has 0 unspecified atom stereocenters. The summed E-state index contributed by atoms with van der Waals surface area (Å²) in [6.07, 6.45) is 1.52. The van der Waals surface area contributed by atoms with E-state index in [1.165, 1.54) is 6.08 Å². The minimum Gasteiger partial charge on any atom is -0.495 e. The topological polar surface area (TPSA) is 89.9 Å². The predicted molar refractivity (Wildman–Crippen MR) is 83.4 cm³/mol. The van der Waals surface area contributed by atoms with Crippen molar-refractivity contribution in [2.45, 2.75) is 0 Å². The number of carbonyl (C=O) groups excluding carboxylic acids is 1. The molecule has 6 nitrogen and oxygen atoms in total. The number of nitrogens with one attached hydrogen (secondary N) is 1. The Hall–Kier alpha value is -2.73. The molecule has 2 aromatic rings. The van der Waals surface area contributed by atoms with E-state index in [0.29, 0.717) is 22.3 Å². The van der Waals surface area contributed by atoms with Gasteiger partial charge in [0.2, 0.25) is 5.96 Å². The van der Waals surface area contributed by atoms with E-state index < -0.39 is 0 Å². The summed E-state index contributed by atoms with van der Waals surface area (Å²) in [6, 6.07) is 8.85. The monoisotopic (exact) mass is 317 g/mol. The molecule has 0 bridgehead atoms. The van der Waals surface area contributed by atoms with Crippen LogP contribution in [0.4, 0.5) is 0 Å². The van der Waals surface area contributed by atoms with E-state index >= 15 is 0 Å². The van der Waals surface area contributed by atoms with Gasteiger partial charge in [0.05, 0.1) is 12.1 Å². The van der Waals surface area contributed by atoms with Gasteiger partial charge >= 0.3 is 0 Å². The number of nitrogens with two attached hydrogens (primary N) is 1. The minimum absolute atomic E-state index is 0.0740. The smallest absolute Gasteiger partial charge is 0.276 e. The fourth-order valence-electron chi connectivity index (χ4n) is 2.03. The van der Waals surface area contributed by atoms with Gasteiger partial charge in [-0.3, -0.25) is 10.1 Å². The van der Waals surface area contributed by atoms with Crippen LogP contribution in [-0.2, 0) is 4.79 Å². The Labute approximate surface area is 131 Å². The maximum Gasteiger partial charge on any atom is 0.276 e. The van der Waals surface area contributed by atoms with Crippen molar-refractivity contribution < 1.29 is 13.9 Å². The number of benzene rings is 1. The van der Waals surface area contributed by atoms with Gasteiger partial charge in [0, 0.05) is 11.6 Å². The van der Waals surface area contributed by atoms with E-state index in [0.717, 1.165) is 5.56 Å². The molecule has 0 saturated carbocycles. The highest BCUT2D eigenvalue weighted by molar-refractivity contribution is 6.32. The first-order valence-electron chi connectivity index (χ1n) is 6.38. The molecule has 0 aliphatic carbocycles. The van der Waals surface area contributed by atoms with Crippen LogP contribution in [0.25, 0.3) is 17.4 Å². The normalized spacial score (nSPS) is 15.8. The first kappa shape index (κ1) is 14.2. The molecule has 3 N–H and O–H groups in total. The average Bonchev–Trinajstić information content (AvgIpc) is 3.06. The molecule has 1 aliphatic heterocycles. The van der Waals surface area contributed by atoms with Crippen LogP contribution in [0.2, 0.25) is 5.02 Å². The van der Waals surface area contributed by atoms with Crippen LogP contribution in [0.15, 0.2) is 45.4 Å². The Morgan fingerprint density at radius 3 is 2.82 bits per heavy atom. The lowest BCUT2D eigenvalue weighted by atomic mass is 10.2. The maximum absolute atomic E-state index is 11.5. The number of guanidine groups is 1. The van der Waals surface area contributed by atoms with E-state index in [1.807, 2.05) is 6.07 Å². The van der Waals surface area contributed by atoms with Crippen LogP contribution >= 0.6 is 11.6 Å². The minimum atomic E-state index is -0.358. The number of nitrogens with zero attached hydrogens (tertiary/aromatic N) is 1. The van der Waals surface area contributed by atoms with Crippen LogP contribution in [0.3, 0.4) is 0 Å². The second-order valence-corrected chi connectivity index (χ2v) is 4.94. The molecular formula is C15H12ClN3O3. The summed E-state index contributed by atoms with van der Waals surface area (Å²) in [4.78, 5) is 15.4. The second-order valence-electron chi connectivity index (χ2n) is 4.53. The van der Waals surface area contributed by atoms with Crippen LogP contribution in [0, 0.1) is 0 Å². The molecule has 0 radical (unpaired) electrons. The Morgan fingerprint density at radius 2 is 2.18 bits per heavy atom. The largest absolute Gasteiger partial charge is 0.495 e. The Morgan fingerprint density at radius 1 is 1.36 bits per heavy atom. The fourth-order valence-corrected chi connectivity index (χ4v) is 2.28. The number of rotatable bonds is 3. The SMILES string of the molecule is COc1ccc(-c2ccc(/C=C3/N=C(N)NC3=O)o2)cc1Cl. The summed E-state index contributed by atoms with van der Waals surface area (Å²) in [5.41, 5.74) is 6.43. The average molecular weight is 318 g/mol. The van der Waals surface area contributed by atoms with Crippen molar-refractivity contribution in [3.63, 3.8) is 0 Å². The number of carbonyl (C=O) groups is 1. The van der Waals surface area contributed by atoms with E-state index in [-0.39, 0.29) is 17.6 Å². The zero-order chi connectivity index (χ0) is 15.7. The van der Waals surface area contributed by atoms with Gasteiger partial charge in [-0.25, -0.2) is 4.99 Å².